The Hall–Kier alpha value is -0.280. The molecule has 0 atom stereocenters. The minimum absolute atomic E-state index is 0.701. The highest BCUT2D eigenvalue weighted by Gasteiger charge is 2.94. The minimum Gasteiger partial charge on any atom is -0.199 e. The van der Waals surface area contributed by atoms with Gasteiger partial charge in [-0.25, -0.2) is 0 Å². The molecule has 1 saturated carbocycles. The van der Waals surface area contributed by atoms with Crippen LogP contribution in [-0.4, -0.2) is 11.8 Å². The smallest absolute Gasteiger partial charge is 0.199 e. The Morgan fingerprint density at radius 1 is 0.909 bits per heavy atom. The van der Waals surface area contributed by atoms with Crippen LogP contribution in [0.1, 0.15) is 20.8 Å². The lowest BCUT2D eigenvalue weighted by molar-refractivity contribution is -0.0278. The summed E-state index contributed by atoms with van der Waals surface area (Å²) in [5, 5.41) is 0. The molecule has 1 rings (SSSR count). The Morgan fingerprint density at radius 2 is 1.18 bits per heavy atom. The first-order valence-corrected chi connectivity index (χ1v) is 3.45. The van der Waals surface area contributed by atoms with Crippen molar-refractivity contribution in [3.05, 3.63) is 0 Å². The summed E-state index contributed by atoms with van der Waals surface area (Å²) >= 11 is 0. The lowest BCUT2D eigenvalue weighted by Gasteiger charge is -2.11. The van der Waals surface area contributed by atoms with E-state index in [0.29, 0.717) is 0 Å². The molecule has 4 heteroatoms. The van der Waals surface area contributed by atoms with Gasteiger partial charge in [0, 0.05) is 0 Å². The maximum absolute atomic E-state index is 12.5. The summed E-state index contributed by atoms with van der Waals surface area (Å²) in [5.41, 5.74) is -2.12. The van der Waals surface area contributed by atoms with Crippen LogP contribution in [0.3, 0.4) is 0 Å². The Balaban J connectivity index is 2.96. The average molecular weight is 170 g/mol. The highest BCUT2D eigenvalue weighted by atomic mass is 19.3. The van der Waals surface area contributed by atoms with Crippen molar-refractivity contribution in [1.82, 2.24) is 0 Å². The molecule has 0 saturated heterocycles. The number of rotatable bonds is 1. The van der Waals surface area contributed by atoms with Gasteiger partial charge in [0.05, 0.1) is 0 Å². The van der Waals surface area contributed by atoms with Gasteiger partial charge in [-0.15, -0.1) is 0 Å². The predicted molar refractivity (Wildman–Crippen MR) is 32.8 cm³/mol. The standard InChI is InChI=1S/C7H10F4/c1-4(2)5(3)6(8,9)7(5,10)11/h4H,1-3H3. The second kappa shape index (κ2) is 1.72. The van der Waals surface area contributed by atoms with Crippen LogP contribution in [-0.2, 0) is 0 Å². The van der Waals surface area contributed by atoms with Crippen molar-refractivity contribution in [1.29, 1.82) is 0 Å². The Kier molecular flexibility index (Phi) is 1.38. The molecule has 0 nitrogen and oxygen atoms in total. The molecule has 66 valence electrons. The van der Waals surface area contributed by atoms with Gasteiger partial charge in [0.2, 0.25) is 0 Å². The van der Waals surface area contributed by atoms with Gasteiger partial charge in [-0.05, 0) is 12.8 Å². The molecule has 0 bridgehead atoms. The van der Waals surface area contributed by atoms with E-state index in [4.69, 9.17) is 0 Å². The van der Waals surface area contributed by atoms with Crippen molar-refractivity contribution in [3.63, 3.8) is 0 Å². The van der Waals surface area contributed by atoms with Crippen LogP contribution in [0.25, 0.3) is 0 Å². The summed E-state index contributed by atoms with van der Waals surface area (Å²) in [6.45, 7) is 3.70. The number of hydrogen-bond donors (Lipinski definition) is 0. The molecule has 0 aliphatic heterocycles. The molecular formula is C7H10F4. The van der Waals surface area contributed by atoms with Gasteiger partial charge in [0.15, 0.2) is 0 Å². The maximum atomic E-state index is 12.5. The van der Waals surface area contributed by atoms with E-state index in [9.17, 15) is 17.6 Å². The van der Waals surface area contributed by atoms with E-state index < -0.39 is 23.2 Å². The quantitative estimate of drug-likeness (QED) is 0.531. The van der Waals surface area contributed by atoms with E-state index in [1.54, 1.807) is 0 Å². The van der Waals surface area contributed by atoms with Crippen LogP contribution in [0.15, 0.2) is 0 Å². The lowest BCUT2D eigenvalue weighted by Crippen LogP contribution is -2.15. The molecule has 0 unspecified atom stereocenters. The van der Waals surface area contributed by atoms with Gasteiger partial charge in [-0.3, -0.25) is 0 Å². The van der Waals surface area contributed by atoms with Gasteiger partial charge in [0.25, 0.3) is 0 Å². The normalized spacial score (nSPS) is 30.5. The Bertz CT molecular complexity index is 169. The lowest BCUT2D eigenvalue weighted by atomic mass is 9.93. The molecular weight excluding hydrogens is 160 g/mol. The van der Waals surface area contributed by atoms with E-state index in [0.717, 1.165) is 6.92 Å². The third kappa shape index (κ3) is 0.614. The maximum Gasteiger partial charge on any atom is 0.322 e. The molecule has 1 aliphatic rings. The fourth-order valence-corrected chi connectivity index (χ4v) is 1.29. The van der Waals surface area contributed by atoms with Gasteiger partial charge in [0.1, 0.15) is 5.41 Å². The summed E-state index contributed by atoms with van der Waals surface area (Å²) in [4.78, 5) is 0. The second-order valence-corrected chi connectivity index (χ2v) is 3.51. The van der Waals surface area contributed by atoms with Crippen LogP contribution < -0.4 is 0 Å². The molecule has 0 N–H and O–H groups in total. The molecule has 11 heavy (non-hydrogen) atoms. The largest absolute Gasteiger partial charge is 0.322 e. The Labute approximate surface area is 62.6 Å². The van der Waals surface area contributed by atoms with Crippen LogP contribution >= 0.6 is 0 Å². The number of halogens is 4. The molecule has 0 spiro atoms. The van der Waals surface area contributed by atoms with Crippen LogP contribution in [0, 0.1) is 11.3 Å². The Morgan fingerprint density at radius 3 is 1.18 bits per heavy atom. The van der Waals surface area contributed by atoms with E-state index in [2.05, 4.69) is 0 Å². The number of hydrogen-bond acceptors (Lipinski definition) is 0. The average Bonchev–Trinajstić information content (AvgIpc) is 2.11. The zero-order valence-electron chi connectivity index (χ0n) is 6.59. The second-order valence-electron chi connectivity index (χ2n) is 3.51. The molecule has 1 aliphatic carbocycles. The topological polar surface area (TPSA) is 0 Å². The first-order chi connectivity index (χ1) is 4.69. The van der Waals surface area contributed by atoms with E-state index >= 15 is 0 Å². The SMILES string of the molecule is CC(C)C1(C)C(F)(F)C1(F)F. The summed E-state index contributed by atoms with van der Waals surface area (Å²) in [7, 11) is 0. The fraction of sp³-hybridized carbons (Fsp3) is 1.00. The van der Waals surface area contributed by atoms with Crippen molar-refractivity contribution >= 4 is 0 Å². The van der Waals surface area contributed by atoms with E-state index in [1.165, 1.54) is 13.8 Å². The first kappa shape index (κ1) is 8.81. The fourth-order valence-electron chi connectivity index (χ4n) is 1.29. The first-order valence-electron chi connectivity index (χ1n) is 3.45. The molecule has 0 aromatic heterocycles. The van der Waals surface area contributed by atoms with Crippen LogP contribution in [0.4, 0.5) is 17.6 Å². The van der Waals surface area contributed by atoms with Gasteiger partial charge in [-0.2, -0.15) is 17.6 Å². The molecule has 0 aromatic rings. The van der Waals surface area contributed by atoms with Gasteiger partial charge in [-0.1, -0.05) is 13.8 Å². The third-order valence-corrected chi connectivity index (χ3v) is 2.79. The summed E-state index contributed by atoms with van der Waals surface area (Å²) in [6.07, 6.45) is 0. The van der Waals surface area contributed by atoms with Crippen molar-refractivity contribution in [2.75, 3.05) is 0 Å². The number of alkyl halides is 4. The zero-order valence-corrected chi connectivity index (χ0v) is 6.59. The molecule has 1 fully saturated rings. The van der Waals surface area contributed by atoms with Gasteiger partial charge >= 0.3 is 11.8 Å². The highest BCUT2D eigenvalue weighted by Crippen LogP contribution is 2.74. The van der Waals surface area contributed by atoms with E-state index in [1.807, 2.05) is 0 Å². The zero-order chi connectivity index (χ0) is 9.08. The minimum atomic E-state index is -3.81. The van der Waals surface area contributed by atoms with Crippen molar-refractivity contribution < 1.29 is 17.6 Å². The summed E-state index contributed by atoms with van der Waals surface area (Å²) in [5.74, 6) is -8.32. The monoisotopic (exact) mass is 170 g/mol. The third-order valence-electron chi connectivity index (χ3n) is 2.79. The molecule has 0 radical (unpaired) electrons. The molecule has 0 heterocycles. The molecule has 0 aromatic carbocycles. The summed E-state index contributed by atoms with van der Waals surface area (Å²) < 4.78 is 49.8. The van der Waals surface area contributed by atoms with E-state index in [-0.39, 0.29) is 0 Å². The summed E-state index contributed by atoms with van der Waals surface area (Å²) in [6, 6.07) is 0. The van der Waals surface area contributed by atoms with Gasteiger partial charge < -0.3 is 0 Å². The van der Waals surface area contributed by atoms with Crippen LogP contribution in [0.5, 0.6) is 0 Å². The highest BCUT2D eigenvalue weighted by molar-refractivity contribution is 5.24. The van der Waals surface area contributed by atoms with Crippen molar-refractivity contribution in [3.8, 4) is 0 Å². The van der Waals surface area contributed by atoms with Crippen molar-refractivity contribution in [2.45, 2.75) is 32.6 Å². The van der Waals surface area contributed by atoms with Crippen molar-refractivity contribution in [2.24, 2.45) is 11.3 Å². The molecule has 0 amide bonds. The predicted octanol–water partition coefficient (Wildman–Crippen LogP) is 2.93. The van der Waals surface area contributed by atoms with Crippen LogP contribution in [0.2, 0.25) is 0 Å².